The molecule has 0 radical (unpaired) electrons. The molecule has 2 aromatic carbocycles. The van der Waals surface area contributed by atoms with Gasteiger partial charge in [0.05, 0.1) is 42.4 Å². The number of aromatic nitrogens is 1. The Hall–Kier alpha value is -3.99. The molecule has 2 aliphatic carbocycles. The quantitative estimate of drug-likeness (QED) is 0.108. The number of fused-ring (bicyclic) bond motifs is 1. The van der Waals surface area contributed by atoms with Crippen LogP contribution in [-0.4, -0.2) is 87.3 Å². The summed E-state index contributed by atoms with van der Waals surface area (Å²) in [5.74, 6) is -0.0800. The fraction of sp³-hybridized carbons (Fsp3) is 0.410. The number of pyridine rings is 1. The summed E-state index contributed by atoms with van der Waals surface area (Å²) in [6.45, 7) is 3.78. The van der Waals surface area contributed by atoms with Crippen molar-refractivity contribution in [2.45, 2.75) is 62.0 Å². The summed E-state index contributed by atoms with van der Waals surface area (Å²) >= 11 is 14.1. The first kappa shape index (κ1) is 37.8. The second kappa shape index (κ2) is 16.4. The normalized spacial score (nSPS) is 21.3. The topological polar surface area (TPSA) is 157 Å². The lowest BCUT2D eigenvalue weighted by Gasteiger charge is -2.35. The van der Waals surface area contributed by atoms with Gasteiger partial charge in [0.25, 0.3) is 0 Å². The highest BCUT2D eigenvalue weighted by Crippen LogP contribution is 2.47. The lowest BCUT2D eigenvalue weighted by Crippen LogP contribution is -2.53. The Morgan fingerprint density at radius 3 is 2.73 bits per heavy atom. The molecule has 274 valence electrons. The van der Waals surface area contributed by atoms with Crippen LogP contribution in [0.3, 0.4) is 0 Å². The van der Waals surface area contributed by atoms with Gasteiger partial charge < -0.3 is 29.5 Å². The van der Waals surface area contributed by atoms with Gasteiger partial charge >= 0.3 is 5.97 Å². The summed E-state index contributed by atoms with van der Waals surface area (Å²) in [5.41, 5.74) is 4.19. The first-order valence-corrected chi connectivity index (χ1v) is 18.0. The monoisotopic (exact) mass is 748 g/mol. The number of aliphatic hydroxyl groups is 2. The van der Waals surface area contributed by atoms with Crippen LogP contribution in [0.15, 0.2) is 78.3 Å². The van der Waals surface area contributed by atoms with Crippen LogP contribution in [0.25, 0.3) is 11.1 Å². The van der Waals surface area contributed by atoms with Crippen molar-refractivity contribution in [3.63, 3.8) is 0 Å². The van der Waals surface area contributed by atoms with Gasteiger partial charge in [0, 0.05) is 55.3 Å². The number of benzene rings is 2. The summed E-state index contributed by atoms with van der Waals surface area (Å²) in [5, 5.41) is 40.4. The molecule has 0 amide bonds. The zero-order chi connectivity index (χ0) is 36.9. The van der Waals surface area contributed by atoms with E-state index in [4.69, 9.17) is 37.4 Å². The number of ether oxygens (including phenoxy) is 3. The van der Waals surface area contributed by atoms with E-state index in [9.17, 15) is 25.4 Å². The van der Waals surface area contributed by atoms with E-state index in [1.807, 2.05) is 30.3 Å². The molecule has 11 nitrogen and oxygen atoms in total. The van der Waals surface area contributed by atoms with Crippen LogP contribution in [0.2, 0.25) is 5.02 Å². The van der Waals surface area contributed by atoms with E-state index in [0.717, 1.165) is 41.6 Å². The van der Waals surface area contributed by atoms with Gasteiger partial charge in [-0.1, -0.05) is 59.6 Å². The molecular weight excluding hydrogens is 707 g/mol. The van der Waals surface area contributed by atoms with Crippen LogP contribution in [0.5, 0.6) is 5.75 Å². The Morgan fingerprint density at radius 2 is 1.98 bits per heavy atom. The maximum absolute atomic E-state index is 11.8. The van der Waals surface area contributed by atoms with Gasteiger partial charge in [-0.25, -0.2) is 0 Å². The molecule has 1 saturated heterocycles. The van der Waals surface area contributed by atoms with Crippen LogP contribution >= 0.6 is 23.2 Å². The number of hydrogen-bond donors (Lipinski definition) is 4. The number of carboxylic acid groups (broad SMARTS) is 1. The molecule has 52 heavy (non-hydrogen) atoms. The SMILES string of the molecule is CC(CO)(NCC1=C(OCc2cncc(C#N)c2)CC(Cl)(O[C@H]2CCc3c(-c4cccc(OCCCN5CC(O)C5)c4Cl)cccc32)C=C1)C(=O)O. The fourth-order valence-corrected chi connectivity index (χ4v) is 7.21. The van der Waals surface area contributed by atoms with Crippen molar-refractivity contribution >= 4 is 29.2 Å². The first-order valence-electron chi connectivity index (χ1n) is 17.3. The minimum absolute atomic E-state index is 0.0837. The molecule has 1 fully saturated rings. The number of likely N-dealkylation sites (tertiary alicyclic amines) is 1. The number of halogens is 2. The van der Waals surface area contributed by atoms with Gasteiger partial charge in [0.2, 0.25) is 0 Å². The zero-order valence-corrected chi connectivity index (χ0v) is 30.4. The molecular formula is C39H42Cl2N4O7. The molecule has 2 unspecified atom stereocenters. The van der Waals surface area contributed by atoms with Gasteiger partial charge in [0.15, 0.2) is 5.06 Å². The number of hydrogen-bond acceptors (Lipinski definition) is 10. The number of nitrogens with one attached hydrogen (secondary N) is 1. The number of aliphatic carboxylic acids is 1. The number of carbonyl (C=O) groups is 1. The van der Waals surface area contributed by atoms with Gasteiger partial charge in [-0.15, -0.1) is 0 Å². The smallest absolute Gasteiger partial charge is 0.326 e. The van der Waals surface area contributed by atoms with E-state index in [1.54, 1.807) is 24.4 Å². The molecule has 4 N–H and O–H groups in total. The number of rotatable bonds is 16. The summed E-state index contributed by atoms with van der Waals surface area (Å²) in [6, 6.07) is 15.7. The van der Waals surface area contributed by atoms with Crippen LogP contribution < -0.4 is 10.1 Å². The van der Waals surface area contributed by atoms with Crippen LogP contribution in [0.4, 0.5) is 0 Å². The Kier molecular flexibility index (Phi) is 11.9. The van der Waals surface area contributed by atoms with Crippen LogP contribution in [0.1, 0.15) is 54.5 Å². The third-order valence-corrected chi connectivity index (χ3v) is 10.4. The Balaban J connectivity index is 1.17. The third kappa shape index (κ3) is 8.62. The van der Waals surface area contributed by atoms with Crippen molar-refractivity contribution in [2.24, 2.45) is 0 Å². The number of β-amino-alcohol motifs (C(OH)–C–C–N with tert-alkyl or cyclic N) is 1. The van der Waals surface area contributed by atoms with E-state index in [1.165, 1.54) is 13.1 Å². The predicted molar refractivity (Wildman–Crippen MR) is 196 cm³/mol. The largest absolute Gasteiger partial charge is 0.493 e. The minimum Gasteiger partial charge on any atom is -0.493 e. The fourth-order valence-electron chi connectivity index (χ4n) is 6.63. The van der Waals surface area contributed by atoms with Gasteiger partial charge in [-0.3, -0.25) is 20.0 Å². The molecule has 1 aromatic heterocycles. The van der Waals surface area contributed by atoms with E-state index in [2.05, 4.69) is 27.3 Å². The first-order chi connectivity index (χ1) is 25.0. The average Bonchev–Trinajstić information content (AvgIpc) is 3.53. The van der Waals surface area contributed by atoms with Gasteiger partial charge in [-0.2, -0.15) is 5.26 Å². The summed E-state index contributed by atoms with van der Waals surface area (Å²) in [6.07, 6.45) is 8.46. The van der Waals surface area contributed by atoms with Crippen molar-refractivity contribution < 1.29 is 34.3 Å². The highest BCUT2D eigenvalue weighted by atomic mass is 35.5. The minimum atomic E-state index is -1.57. The number of carboxylic acids is 1. The summed E-state index contributed by atoms with van der Waals surface area (Å²) < 4.78 is 19.0. The lowest BCUT2D eigenvalue weighted by molar-refractivity contribution is -0.145. The lowest BCUT2D eigenvalue weighted by atomic mass is 9.96. The Labute approximate surface area is 313 Å². The number of aliphatic hydroxyl groups excluding tert-OH is 2. The Bertz CT molecular complexity index is 1890. The Morgan fingerprint density at radius 1 is 1.19 bits per heavy atom. The molecule has 2 heterocycles. The van der Waals surface area contributed by atoms with Crippen LogP contribution in [0, 0.1) is 11.3 Å². The molecule has 1 aliphatic heterocycles. The number of alkyl halides is 1. The van der Waals surface area contributed by atoms with Gasteiger partial charge in [-0.05, 0) is 61.1 Å². The second-order valence-electron chi connectivity index (χ2n) is 13.6. The molecule has 13 heteroatoms. The third-order valence-electron chi connectivity index (χ3n) is 9.71. The van der Waals surface area contributed by atoms with Crippen LogP contribution in [-0.2, 0) is 27.3 Å². The van der Waals surface area contributed by atoms with E-state index in [-0.39, 0.29) is 31.8 Å². The molecule has 3 aliphatic rings. The van der Waals surface area contributed by atoms with Crippen molar-refractivity contribution in [3.8, 4) is 22.9 Å². The zero-order valence-electron chi connectivity index (χ0n) is 28.9. The molecule has 3 atom stereocenters. The summed E-state index contributed by atoms with van der Waals surface area (Å²) in [4.78, 5) is 18.1. The van der Waals surface area contributed by atoms with E-state index in [0.29, 0.717) is 59.3 Å². The molecule has 6 rings (SSSR count). The van der Waals surface area contributed by atoms with E-state index < -0.39 is 23.2 Å². The maximum atomic E-state index is 11.8. The average molecular weight is 750 g/mol. The highest BCUT2D eigenvalue weighted by molar-refractivity contribution is 6.34. The maximum Gasteiger partial charge on any atom is 0.326 e. The molecule has 0 bridgehead atoms. The van der Waals surface area contributed by atoms with Crippen molar-refractivity contribution in [1.29, 1.82) is 5.26 Å². The highest BCUT2D eigenvalue weighted by Gasteiger charge is 2.39. The summed E-state index contributed by atoms with van der Waals surface area (Å²) in [7, 11) is 0. The van der Waals surface area contributed by atoms with Gasteiger partial charge in [0.1, 0.15) is 29.7 Å². The molecule has 0 spiro atoms. The number of nitrogens with zero attached hydrogens (tertiary/aromatic N) is 3. The van der Waals surface area contributed by atoms with Crippen molar-refractivity contribution in [2.75, 3.05) is 39.4 Å². The molecule has 3 aromatic rings. The van der Waals surface area contributed by atoms with Crippen molar-refractivity contribution in [1.82, 2.24) is 15.2 Å². The van der Waals surface area contributed by atoms with Crippen molar-refractivity contribution in [3.05, 3.63) is 106 Å². The standard InChI is InChI=1S/C39H42Cl2N4O7/c1-38(24-46,37(48)49)44-20-27-11-12-39(41,16-35(27)51-23-26-15-25(17-42)18-43-19-26)52-33-10-9-30-29(5-2-6-31(30)33)32-7-3-8-34(36(32)40)50-14-4-13-45-21-28(47)22-45/h2-3,5-8,11-12,15,18-19,28,33,44,46-47H,4,9-10,13-14,16,20-24H2,1H3,(H,48,49)/t33-,38?,39?/m0/s1. The predicted octanol–water partition coefficient (Wildman–Crippen LogP) is 5.51. The second-order valence-corrected chi connectivity index (χ2v) is 14.6. The molecule has 0 saturated carbocycles. The van der Waals surface area contributed by atoms with E-state index >= 15 is 0 Å². The number of nitriles is 1.